The number of hydrogen-bond acceptors (Lipinski definition) is 5. The summed E-state index contributed by atoms with van der Waals surface area (Å²) in [5.41, 5.74) is 0.314. The highest BCUT2D eigenvalue weighted by Gasteiger charge is 2.19. The van der Waals surface area contributed by atoms with Gasteiger partial charge in [-0.25, -0.2) is 13.6 Å². The Kier molecular flexibility index (Phi) is 4.00. The van der Waals surface area contributed by atoms with Gasteiger partial charge >= 0.3 is 0 Å². The van der Waals surface area contributed by atoms with E-state index in [1.54, 1.807) is 0 Å². The molecule has 1 atom stereocenters. The van der Waals surface area contributed by atoms with Crippen molar-refractivity contribution in [1.29, 1.82) is 0 Å². The zero-order chi connectivity index (χ0) is 13.2. The van der Waals surface area contributed by atoms with Crippen molar-refractivity contribution in [1.82, 2.24) is 5.32 Å². The van der Waals surface area contributed by atoms with Crippen molar-refractivity contribution in [3.63, 3.8) is 0 Å². The predicted octanol–water partition coefficient (Wildman–Crippen LogP) is 0.304. The van der Waals surface area contributed by atoms with Crippen molar-refractivity contribution in [3.8, 4) is 0 Å². The van der Waals surface area contributed by atoms with Crippen LogP contribution in [0.15, 0.2) is 15.7 Å². The largest absolute Gasteiger partial charge is 0.379 e. The first-order valence-corrected chi connectivity index (χ1v) is 7.89. The van der Waals surface area contributed by atoms with Crippen LogP contribution in [0.4, 0.5) is 0 Å². The van der Waals surface area contributed by atoms with Crippen molar-refractivity contribution < 1.29 is 17.9 Å². The number of hydrogen-bond donors (Lipinski definition) is 2. The summed E-state index contributed by atoms with van der Waals surface area (Å²) >= 11 is 0.942. The Morgan fingerprint density at radius 1 is 1.56 bits per heavy atom. The number of thiophene rings is 1. The molecule has 0 spiro atoms. The Bertz CT molecular complexity index is 532. The molecule has 2 heterocycles. The maximum Gasteiger partial charge on any atom is 0.252 e. The molecular weight excluding hydrogens is 276 g/mol. The number of carbonyl (C=O) groups excluding carboxylic acids is 1. The van der Waals surface area contributed by atoms with Crippen molar-refractivity contribution in [3.05, 3.63) is 17.0 Å². The smallest absolute Gasteiger partial charge is 0.252 e. The first kappa shape index (κ1) is 13.5. The van der Waals surface area contributed by atoms with E-state index in [9.17, 15) is 13.2 Å². The fraction of sp³-hybridized carbons (Fsp3) is 0.500. The van der Waals surface area contributed by atoms with Gasteiger partial charge in [-0.05, 0) is 18.9 Å². The lowest BCUT2D eigenvalue weighted by atomic mass is 10.1. The molecule has 0 aliphatic carbocycles. The molecule has 0 bridgehead atoms. The van der Waals surface area contributed by atoms with Crippen LogP contribution in [0.3, 0.4) is 0 Å². The van der Waals surface area contributed by atoms with Gasteiger partial charge in [-0.1, -0.05) is 0 Å². The average Bonchev–Trinajstić information content (AvgIpc) is 2.79. The molecule has 0 radical (unpaired) electrons. The van der Waals surface area contributed by atoms with Crippen LogP contribution in [0.2, 0.25) is 0 Å². The molecule has 1 aromatic heterocycles. The lowest BCUT2D eigenvalue weighted by Crippen LogP contribution is -2.40. The second-order valence-corrected chi connectivity index (χ2v) is 6.79. The Balaban J connectivity index is 2.02. The Labute approximate surface area is 109 Å². The summed E-state index contributed by atoms with van der Waals surface area (Å²) in [7, 11) is -3.73. The minimum atomic E-state index is -3.73. The number of ether oxygens (including phenoxy) is 1. The lowest BCUT2D eigenvalue weighted by Gasteiger charge is -2.22. The van der Waals surface area contributed by atoms with Gasteiger partial charge in [0.2, 0.25) is 10.0 Å². The molecule has 3 N–H and O–H groups in total. The molecule has 2 rings (SSSR count). The van der Waals surface area contributed by atoms with Crippen molar-refractivity contribution in [2.24, 2.45) is 5.14 Å². The highest BCUT2D eigenvalue weighted by Crippen LogP contribution is 2.19. The van der Waals surface area contributed by atoms with Crippen LogP contribution in [0.5, 0.6) is 0 Å². The molecule has 1 aromatic rings. The molecule has 18 heavy (non-hydrogen) atoms. The van der Waals surface area contributed by atoms with Gasteiger partial charge in [-0.15, -0.1) is 11.3 Å². The molecule has 0 saturated carbocycles. The maximum absolute atomic E-state index is 11.9. The van der Waals surface area contributed by atoms with Gasteiger partial charge in [0.05, 0.1) is 18.2 Å². The summed E-state index contributed by atoms with van der Waals surface area (Å²) < 4.78 is 27.4. The number of amides is 1. The zero-order valence-electron chi connectivity index (χ0n) is 9.59. The molecule has 1 aliphatic rings. The maximum atomic E-state index is 11.9. The van der Waals surface area contributed by atoms with Gasteiger partial charge < -0.3 is 10.1 Å². The molecule has 1 aliphatic heterocycles. The van der Waals surface area contributed by atoms with Crippen LogP contribution in [-0.4, -0.2) is 33.6 Å². The van der Waals surface area contributed by atoms with E-state index in [1.165, 1.54) is 11.4 Å². The van der Waals surface area contributed by atoms with E-state index in [-0.39, 0.29) is 16.2 Å². The third-order valence-electron chi connectivity index (χ3n) is 2.61. The molecule has 8 heteroatoms. The van der Waals surface area contributed by atoms with Crippen LogP contribution >= 0.6 is 11.3 Å². The van der Waals surface area contributed by atoms with E-state index in [0.29, 0.717) is 12.2 Å². The SMILES string of the molecule is NS(=O)(=O)c1cc(C(=O)NC2CCCOC2)cs1. The minimum absolute atomic E-state index is 0.00690. The van der Waals surface area contributed by atoms with E-state index in [4.69, 9.17) is 9.88 Å². The first-order chi connectivity index (χ1) is 8.47. The quantitative estimate of drug-likeness (QED) is 0.836. The van der Waals surface area contributed by atoms with Crippen molar-refractivity contribution in [2.45, 2.75) is 23.1 Å². The average molecular weight is 290 g/mol. The summed E-state index contributed by atoms with van der Waals surface area (Å²) in [6.45, 7) is 1.22. The topological polar surface area (TPSA) is 98.5 Å². The van der Waals surface area contributed by atoms with E-state index in [0.717, 1.165) is 30.8 Å². The normalized spacial score (nSPS) is 20.6. The van der Waals surface area contributed by atoms with Gasteiger partial charge in [0.15, 0.2) is 0 Å². The minimum Gasteiger partial charge on any atom is -0.379 e. The van der Waals surface area contributed by atoms with Crippen LogP contribution in [0.25, 0.3) is 0 Å². The zero-order valence-corrected chi connectivity index (χ0v) is 11.2. The first-order valence-electron chi connectivity index (χ1n) is 5.47. The van der Waals surface area contributed by atoms with Gasteiger partial charge in [0.25, 0.3) is 5.91 Å². The van der Waals surface area contributed by atoms with Crippen molar-refractivity contribution >= 4 is 27.3 Å². The van der Waals surface area contributed by atoms with Gasteiger partial charge in [0, 0.05) is 12.0 Å². The van der Waals surface area contributed by atoms with Gasteiger partial charge in [-0.3, -0.25) is 4.79 Å². The Morgan fingerprint density at radius 2 is 2.33 bits per heavy atom. The highest BCUT2D eigenvalue weighted by atomic mass is 32.2. The molecule has 100 valence electrons. The molecule has 1 saturated heterocycles. The number of carbonyl (C=O) groups is 1. The third-order valence-corrected chi connectivity index (χ3v) is 5.00. The molecule has 0 aromatic carbocycles. The van der Waals surface area contributed by atoms with Gasteiger partial charge in [0.1, 0.15) is 4.21 Å². The summed E-state index contributed by atoms with van der Waals surface area (Å²) in [5, 5.41) is 9.28. The number of nitrogens with one attached hydrogen (secondary N) is 1. The number of nitrogens with two attached hydrogens (primary N) is 1. The predicted molar refractivity (Wildman–Crippen MR) is 67.0 cm³/mol. The van der Waals surface area contributed by atoms with E-state index < -0.39 is 10.0 Å². The number of rotatable bonds is 3. The number of sulfonamides is 1. The van der Waals surface area contributed by atoms with E-state index >= 15 is 0 Å². The van der Waals surface area contributed by atoms with Crippen LogP contribution in [0.1, 0.15) is 23.2 Å². The molecule has 1 amide bonds. The highest BCUT2D eigenvalue weighted by molar-refractivity contribution is 7.91. The Morgan fingerprint density at radius 3 is 2.89 bits per heavy atom. The fourth-order valence-electron chi connectivity index (χ4n) is 1.71. The molecular formula is C10H14N2O4S2. The van der Waals surface area contributed by atoms with Gasteiger partial charge in [-0.2, -0.15) is 0 Å². The second-order valence-electron chi connectivity index (χ2n) is 4.09. The van der Waals surface area contributed by atoms with Crippen LogP contribution in [0, 0.1) is 0 Å². The summed E-state index contributed by atoms with van der Waals surface area (Å²) in [4.78, 5) is 11.9. The molecule has 1 unspecified atom stereocenters. The van der Waals surface area contributed by atoms with E-state index in [2.05, 4.69) is 5.32 Å². The van der Waals surface area contributed by atoms with Crippen molar-refractivity contribution in [2.75, 3.05) is 13.2 Å². The summed E-state index contributed by atoms with van der Waals surface area (Å²) in [6.07, 6.45) is 1.79. The number of primary sulfonamides is 1. The van der Waals surface area contributed by atoms with Crippen LogP contribution in [-0.2, 0) is 14.8 Å². The molecule has 6 nitrogen and oxygen atoms in total. The van der Waals surface area contributed by atoms with Crippen LogP contribution < -0.4 is 10.5 Å². The van der Waals surface area contributed by atoms with E-state index in [1.807, 2.05) is 0 Å². The second kappa shape index (κ2) is 5.35. The third kappa shape index (κ3) is 3.29. The standard InChI is InChI=1S/C10H14N2O4S2/c11-18(14,15)9-4-7(6-17-9)10(13)12-8-2-1-3-16-5-8/h4,6,8H,1-3,5H2,(H,12,13)(H2,11,14,15). The lowest BCUT2D eigenvalue weighted by molar-refractivity contribution is 0.0624. The summed E-state index contributed by atoms with van der Waals surface area (Å²) in [6, 6.07) is 1.28. The fourth-order valence-corrected chi connectivity index (χ4v) is 3.29. The monoisotopic (exact) mass is 290 g/mol. The molecule has 1 fully saturated rings. The summed E-state index contributed by atoms with van der Waals surface area (Å²) in [5.74, 6) is -0.295. The Hall–Kier alpha value is -0.960.